The summed E-state index contributed by atoms with van der Waals surface area (Å²) in [5.41, 5.74) is -0.311. The highest BCUT2D eigenvalue weighted by Crippen LogP contribution is 2.34. The van der Waals surface area contributed by atoms with Crippen LogP contribution in [-0.2, 0) is 21.3 Å². The van der Waals surface area contributed by atoms with Crippen LogP contribution in [0.3, 0.4) is 0 Å². The van der Waals surface area contributed by atoms with Gasteiger partial charge in [0, 0.05) is 26.0 Å². The van der Waals surface area contributed by atoms with E-state index in [0.29, 0.717) is 12.4 Å². The monoisotopic (exact) mass is 397 g/mol. The molecular weight excluding hydrogens is 366 g/mol. The summed E-state index contributed by atoms with van der Waals surface area (Å²) in [6.45, 7) is 7.82. The van der Waals surface area contributed by atoms with E-state index in [1.165, 1.54) is 0 Å². The highest BCUT2D eigenvalue weighted by atomic mass is 16.7. The van der Waals surface area contributed by atoms with Gasteiger partial charge in [-0.1, -0.05) is 43.7 Å². The number of aromatic nitrogens is 2. The zero-order valence-electron chi connectivity index (χ0n) is 18.0. The quantitative estimate of drug-likeness (QED) is 0.419. The summed E-state index contributed by atoms with van der Waals surface area (Å²) in [7, 11) is 1.86. The second-order valence-electron chi connectivity index (χ2n) is 7.68. The number of Topliss-reactive ketones (excluding diaryl/α,β-unsaturated/α-hetero) is 1. The second kappa shape index (κ2) is 10.3. The molecule has 0 amide bonds. The maximum Gasteiger partial charge on any atom is 0.182 e. The molecule has 0 saturated heterocycles. The minimum absolute atomic E-state index is 0.289. The number of carbonyl (C=O) groups is 1. The summed E-state index contributed by atoms with van der Waals surface area (Å²) in [5, 5.41) is 9.99. The standard InChI is InChI=1S/C23H31N3O3/c1-6-7-15-28-17(2)29-23(3,4)21(27)19(16-24)20(18-11-9-8-10-12-18)22-25-13-14-26(22)5/h8-14,17,19-20H,6-7,15H2,1-5H3. The summed E-state index contributed by atoms with van der Waals surface area (Å²) in [5.74, 6) is -1.06. The van der Waals surface area contributed by atoms with E-state index in [9.17, 15) is 10.1 Å². The van der Waals surface area contributed by atoms with Crippen LogP contribution in [0, 0.1) is 17.2 Å². The molecule has 0 radical (unpaired) electrons. The van der Waals surface area contributed by atoms with E-state index in [-0.39, 0.29) is 5.78 Å². The molecule has 0 bridgehead atoms. The van der Waals surface area contributed by atoms with Crippen LogP contribution in [0.5, 0.6) is 0 Å². The molecule has 29 heavy (non-hydrogen) atoms. The predicted octanol–water partition coefficient (Wildman–Crippen LogP) is 4.22. The summed E-state index contributed by atoms with van der Waals surface area (Å²) >= 11 is 0. The third-order valence-electron chi connectivity index (χ3n) is 4.95. The molecule has 0 spiro atoms. The van der Waals surface area contributed by atoms with Crippen LogP contribution in [0.25, 0.3) is 0 Å². The molecule has 6 heteroatoms. The van der Waals surface area contributed by atoms with Gasteiger partial charge in [-0.05, 0) is 32.8 Å². The van der Waals surface area contributed by atoms with Crippen molar-refractivity contribution in [3.8, 4) is 6.07 Å². The topological polar surface area (TPSA) is 77.1 Å². The Kier molecular flexibility index (Phi) is 8.12. The first-order valence-electron chi connectivity index (χ1n) is 10.1. The van der Waals surface area contributed by atoms with Gasteiger partial charge >= 0.3 is 0 Å². The van der Waals surface area contributed by atoms with Crippen molar-refractivity contribution in [1.82, 2.24) is 9.55 Å². The molecule has 0 fully saturated rings. The third-order valence-corrected chi connectivity index (χ3v) is 4.95. The van der Waals surface area contributed by atoms with E-state index in [4.69, 9.17) is 9.47 Å². The number of nitriles is 1. The van der Waals surface area contributed by atoms with Crippen molar-refractivity contribution in [2.45, 2.75) is 58.3 Å². The number of nitrogens with zero attached hydrogens (tertiary/aromatic N) is 3. The lowest BCUT2D eigenvalue weighted by atomic mass is 9.79. The fraction of sp³-hybridized carbons (Fsp3) is 0.522. The molecule has 2 rings (SSSR count). The number of hydrogen-bond donors (Lipinski definition) is 0. The molecule has 1 aromatic carbocycles. The number of ketones is 1. The Balaban J connectivity index is 2.31. The Hall–Kier alpha value is -2.49. The lowest BCUT2D eigenvalue weighted by molar-refractivity contribution is -0.197. The molecule has 3 atom stereocenters. The Morgan fingerprint density at radius 3 is 2.55 bits per heavy atom. The van der Waals surface area contributed by atoms with Crippen LogP contribution in [0.1, 0.15) is 57.8 Å². The third kappa shape index (κ3) is 5.75. The van der Waals surface area contributed by atoms with Crippen LogP contribution in [0.4, 0.5) is 0 Å². The van der Waals surface area contributed by atoms with Crippen LogP contribution < -0.4 is 0 Å². The zero-order chi connectivity index (χ0) is 21.4. The van der Waals surface area contributed by atoms with E-state index >= 15 is 0 Å². The van der Waals surface area contributed by atoms with E-state index in [1.807, 2.05) is 48.1 Å². The molecule has 3 unspecified atom stereocenters. The maximum absolute atomic E-state index is 13.4. The molecule has 1 heterocycles. The maximum atomic E-state index is 13.4. The van der Waals surface area contributed by atoms with Gasteiger partial charge in [-0.3, -0.25) is 4.79 Å². The first-order valence-corrected chi connectivity index (χ1v) is 10.1. The second-order valence-corrected chi connectivity index (χ2v) is 7.68. The first-order chi connectivity index (χ1) is 13.8. The SMILES string of the molecule is CCCCOC(C)OC(C)(C)C(=O)C(C#N)C(c1ccccc1)c1nccn1C. The largest absolute Gasteiger partial charge is 0.353 e. The van der Waals surface area contributed by atoms with E-state index < -0.39 is 23.7 Å². The molecule has 0 aliphatic rings. The van der Waals surface area contributed by atoms with Gasteiger partial charge in [0.1, 0.15) is 17.3 Å². The lowest BCUT2D eigenvalue weighted by Gasteiger charge is -2.32. The van der Waals surface area contributed by atoms with Crippen LogP contribution in [0.15, 0.2) is 42.7 Å². The highest BCUT2D eigenvalue weighted by molar-refractivity contribution is 5.91. The normalized spacial score (nSPS) is 14.8. The summed E-state index contributed by atoms with van der Waals surface area (Å²) < 4.78 is 13.4. The van der Waals surface area contributed by atoms with Gasteiger partial charge in [0.15, 0.2) is 12.1 Å². The van der Waals surface area contributed by atoms with Gasteiger partial charge in [0.2, 0.25) is 0 Å². The van der Waals surface area contributed by atoms with Gasteiger partial charge < -0.3 is 14.0 Å². The van der Waals surface area contributed by atoms with Crippen LogP contribution in [0.2, 0.25) is 0 Å². The minimum atomic E-state index is -1.18. The minimum Gasteiger partial charge on any atom is -0.353 e. The van der Waals surface area contributed by atoms with Crippen LogP contribution in [-0.4, -0.2) is 33.8 Å². The molecule has 2 aromatic rings. The Morgan fingerprint density at radius 1 is 1.31 bits per heavy atom. The zero-order valence-corrected chi connectivity index (χ0v) is 18.0. The van der Waals surface area contributed by atoms with E-state index in [2.05, 4.69) is 18.0 Å². The molecule has 0 aliphatic heterocycles. The van der Waals surface area contributed by atoms with Crippen molar-refractivity contribution in [3.63, 3.8) is 0 Å². The Labute approximate surface area is 173 Å². The molecule has 1 aromatic heterocycles. The van der Waals surface area contributed by atoms with Gasteiger partial charge in [-0.25, -0.2) is 4.98 Å². The van der Waals surface area contributed by atoms with Gasteiger partial charge in [-0.15, -0.1) is 0 Å². The van der Waals surface area contributed by atoms with Crippen molar-refractivity contribution in [1.29, 1.82) is 5.26 Å². The molecular formula is C23H31N3O3. The number of hydrogen-bond acceptors (Lipinski definition) is 5. The molecule has 156 valence electrons. The smallest absolute Gasteiger partial charge is 0.182 e. The van der Waals surface area contributed by atoms with Gasteiger partial charge in [0.25, 0.3) is 0 Å². The predicted molar refractivity (Wildman–Crippen MR) is 111 cm³/mol. The van der Waals surface area contributed by atoms with Gasteiger partial charge in [0.05, 0.1) is 12.0 Å². The fourth-order valence-corrected chi connectivity index (χ4v) is 3.39. The molecule has 0 saturated carbocycles. The van der Waals surface area contributed by atoms with Crippen molar-refractivity contribution in [2.75, 3.05) is 6.61 Å². The number of aryl methyl sites for hydroxylation is 1. The first kappa shape index (κ1) is 22.8. The summed E-state index contributed by atoms with van der Waals surface area (Å²) in [6, 6.07) is 11.8. The highest BCUT2D eigenvalue weighted by Gasteiger charge is 2.42. The number of benzene rings is 1. The Bertz CT molecular complexity index is 823. The number of ether oxygens (including phenoxy) is 2. The number of unbranched alkanes of at least 4 members (excludes halogenated alkanes) is 1. The van der Waals surface area contributed by atoms with Gasteiger partial charge in [-0.2, -0.15) is 5.26 Å². The Morgan fingerprint density at radius 2 is 2.00 bits per heavy atom. The van der Waals surface area contributed by atoms with Crippen LogP contribution >= 0.6 is 0 Å². The van der Waals surface area contributed by atoms with E-state index in [0.717, 1.165) is 18.4 Å². The molecule has 6 nitrogen and oxygen atoms in total. The summed E-state index contributed by atoms with van der Waals surface area (Å²) in [4.78, 5) is 17.9. The number of rotatable bonds is 11. The number of carbonyl (C=O) groups excluding carboxylic acids is 1. The van der Waals surface area contributed by atoms with Crippen molar-refractivity contribution in [2.24, 2.45) is 13.0 Å². The number of imidazole rings is 1. The van der Waals surface area contributed by atoms with Crippen molar-refractivity contribution >= 4 is 5.78 Å². The average molecular weight is 398 g/mol. The lowest BCUT2D eigenvalue weighted by Crippen LogP contribution is -2.44. The molecule has 0 N–H and O–H groups in total. The fourth-order valence-electron chi connectivity index (χ4n) is 3.39. The van der Waals surface area contributed by atoms with Crippen molar-refractivity contribution < 1.29 is 14.3 Å². The van der Waals surface area contributed by atoms with Crippen molar-refractivity contribution in [3.05, 3.63) is 54.1 Å². The summed E-state index contributed by atoms with van der Waals surface area (Å²) in [6.07, 6.45) is 4.90. The van der Waals surface area contributed by atoms with E-state index in [1.54, 1.807) is 27.0 Å². The molecule has 0 aliphatic carbocycles. The average Bonchev–Trinajstić information content (AvgIpc) is 3.11.